The van der Waals surface area contributed by atoms with Gasteiger partial charge in [0.2, 0.25) is 0 Å². The minimum Gasteiger partial charge on any atom is -0.484 e. The second-order valence-electron chi connectivity index (χ2n) is 4.99. The van der Waals surface area contributed by atoms with Crippen LogP contribution >= 0.6 is 12.4 Å². The maximum Gasteiger partial charge on any atom is 0.188 e. The zero-order chi connectivity index (χ0) is 11.9. The number of ketones is 1. The summed E-state index contributed by atoms with van der Waals surface area (Å²) >= 11 is 0. The predicted octanol–water partition coefficient (Wildman–Crippen LogP) is 1.90. The Morgan fingerprint density at radius 1 is 1.39 bits per heavy atom. The molecule has 1 aromatic rings. The van der Waals surface area contributed by atoms with Gasteiger partial charge in [0, 0.05) is 19.0 Å². The molecule has 0 aliphatic carbocycles. The first kappa shape index (κ1) is 13.3. The largest absolute Gasteiger partial charge is 0.484 e. The Morgan fingerprint density at radius 2 is 2.11 bits per heavy atom. The molecule has 0 unspecified atom stereocenters. The van der Waals surface area contributed by atoms with E-state index < -0.39 is 0 Å². The van der Waals surface area contributed by atoms with Gasteiger partial charge in [-0.2, -0.15) is 0 Å². The number of aryl methyl sites for hydroxylation is 1. The second-order valence-corrected chi connectivity index (χ2v) is 4.99. The average molecular weight is 269 g/mol. The summed E-state index contributed by atoms with van der Waals surface area (Å²) in [4.78, 5) is 16.3. The quantitative estimate of drug-likeness (QED) is 0.781. The Labute approximate surface area is 113 Å². The monoisotopic (exact) mass is 268 g/mol. The molecule has 1 fully saturated rings. The van der Waals surface area contributed by atoms with Crippen LogP contribution in [0.5, 0.6) is 5.75 Å². The van der Waals surface area contributed by atoms with E-state index in [2.05, 4.69) is 10.3 Å². The van der Waals surface area contributed by atoms with Crippen LogP contribution in [0.1, 0.15) is 35.3 Å². The third-order valence-electron chi connectivity index (χ3n) is 3.58. The standard InChI is InChI=1S/C13H16N2O2.ClH/c1-9-6-11-12(15-8-9)10(16)7-13(17-11)2-4-14-5-3-13;/h6,8,14H,2-5,7H2,1H3;1H. The number of Topliss-reactive ketones (excluding diaryl/α,β-unsaturated/α-hetero) is 1. The zero-order valence-corrected chi connectivity index (χ0v) is 11.2. The van der Waals surface area contributed by atoms with Gasteiger partial charge in [0.1, 0.15) is 17.0 Å². The molecule has 1 N–H and O–H groups in total. The van der Waals surface area contributed by atoms with E-state index in [9.17, 15) is 4.79 Å². The molecular formula is C13H17ClN2O2. The summed E-state index contributed by atoms with van der Waals surface area (Å²) in [7, 11) is 0. The molecule has 1 aromatic heterocycles. The second kappa shape index (κ2) is 4.86. The fourth-order valence-electron chi connectivity index (χ4n) is 2.64. The first-order valence-corrected chi connectivity index (χ1v) is 6.08. The van der Waals surface area contributed by atoms with Gasteiger partial charge in [-0.15, -0.1) is 12.4 Å². The Kier molecular flexibility index (Phi) is 3.59. The predicted molar refractivity (Wildman–Crippen MR) is 70.6 cm³/mol. The van der Waals surface area contributed by atoms with Crippen molar-refractivity contribution >= 4 is 18.2 Å². The van der Waals surface area contributed by atoms with E-state index in [0.717, 1.165) is 31.5 Å². The SMILES string of the molecule is Cc1cnc2c(c1)OC1(CCNCC1)CC2=O.Cl. The van der Waals surface area contributed by atoms with Crippen LogP contribution < -0.4 is 10.1 Å². The van der Waals surface area contributed by atoms with Crippen LogP contribution in [-0.2, 0) is 0 Å². The van der Waals surface area contributed by atoms with E-state index in [4.69, 9.17) is 4.74 Å². The fraction of sp³-hybridized carbons (Fsp3) is 0.538. The lowest BCUT2D eigenvalue weighted by molar-refractivity contribution is 0.0178. The first-order valence-electron chi connectivity index (χ1n) is 6.08. The van der Waals surface area contributed by atoms with Gasteiger partial charge in [-0.3, -0.25) is 4.79 Å². The lowest BCUT2D eigenvalue weighted by atomic mass is 9.84. The van der Waals surface area contributed by atoms with Crippen LogP contribution in [0.15, 0.2) is 12.3 Å². The maximum absolute atomic E-state index is 12.1. The van der Waals surface area contributed by atoms with E-state index in [0.29, 0.717) is 17.9 Å². The number of rotatable bonds is 0. The van der Waals surface area contributed by atoms with Crippen molar-refractivity contribution in [3.63, 3.8) is 0 Å². The fourth-order valence-corrected chi connectivity index (χ4v) is 2.64. The number of pyridine rings is 1. The molecule has 0 bridgehead atoms. The van der Waals surface area contributed by atoms with Gasteiger partial charge >= 0.3 is 0 Å². The van der Waals surface area contributed by atoms with E-state index >= 15 is 0 Å². The number of halogens is 1. The van der Waals surface area contributed by atoms with Gasteiger partial charge in [0.15, 0.2) is 5.78 Å². The number of carbonyl (C=O) groups is 1. The Balaban J connectivity index is 0.00000120. The van der Waals surface area contributed by atoms with Gasteiger partial charge in [-0.25, -0.2) is 4.98 Å². The molecule has 3 rings (SSSR count). The lowest BCUT2D eigenvalue weighted by Crippen LogP contribution is -2.49. The number of ether oxygens (including phenoxy) is 1. The summed E-state index contributed by atoms with van der Waals surface area (Å²) in [5.74, 6) is 0.788. The van der Waals surface area contributed by atoms with Crippen molar-refractivity contribution in [2.24, 2.45) is 0 Å². The molecule has 4 nitrogen and oxygen atoms in total. The number of hydrogen-bond donors (Lipinski definition) is 1. The molecule has 0 aromatic carbocycles. The van der Waals surface area contributed by atoms with Crippen molar-refractivity contribution in [3.05, 3.63) is 23.5 Å². The topological polar surface area (TPSA) is 51.2 Å². The first-order chi connectivity index (χ1) is 8.19. The third-order valence-corrected chi connectivity index (χ3v) is 3.58. The zero-order valence-electron chi connectivity index (χ0n) is 10.4. The minimum atomic E-state index is -0.287. The molecule has 18 heavy (non-hydrogen) atoms. The highest BCUT2D eigenvalue weighted by Crippen LogP contribution is 2.37. The molecule has 0 amide bonds. The summed E-state index contributed by atoms with van der Waals surface area (Å²) < 4.78 is 6.09. The molecule has 2 aliphatic heterocycles. The number of nitrogens with one attached hydrogen (secondary N) is 1. The molecule has 0 radical (unpaired) electrons. The van der Waals surface area contributed by atoms with Crippen molar-refractivity contribution < 1.29 is 9.53 Å². The van der Waals surface area contributed by atoms with Crippen molar-refractivity contribution in [1.82, 2.24) is 10.3 Å². The van der Waals surface area contributed by atoms with E-state index in [1.807, 2.05) is 13.0 Å². The smallest absolute Gasteiger partial charge is 0.188 e. The van der Waals surface area contributed by atoms with Gasteiger partial charge in [0.25, 0.3) is 0 Å². The number of piperidine rings is 1. The van der Waals surface area contributed by atoms with Crippen LogP contribution in [0.25, 0.3) is 0 Å². The molecule has 1 saturated heterocycles. The van der Waals surface area contributed by atoms with E-state index in [1.165, 1.54) is 0 Å². The lowest BCUT2D eigenvalue weighted by Gasteiger charge is -2.40. The summed E-state index contributed by atoms with van der Waals surface area (Å²) in [6, 6.07) is 1.92. The highest BCUT2D eigenvalue weighted by Gasteiger charge is 2.41. The third kappa shape index (κ3) is 2.22. The molecule has 1 spiro atoms. The summed E-state index contributed by atoms with van der Waals surface area (Å²) in [6.07, 6.45) is 3.98. The minimum absolute atomic E-state index is 0. The number of fused-ring (bicyclic) bond motifs is 1. The van der Waals surface area contributed by atoms with Gasteiger partial charge < -0.3 is 10.1 Å². The Hall–Kier alpha value is -1.13. The highest BCUT2D eigenvalue weighted by molar-refractivity contribution is 5.98. The molecule has 3 heterocycles. The molecule has 0 saturated carbocycles. The number of carbonyl (C=O) groups excluding carboxylic acids is 1. The number of aromatic nitrogens is 1. The average Bonchev–Trinajstić information content (AvgIpc) is 2.29. The maximum atomic E-state index is 12.1. The normalized spacial score (nSPS) is 20.8. The van der Waals surface area contributed by atoms with E-state index in [-0.39, 0.29) is 23.8 Å². The van der Waals surface area contributed by atoms with Crippen molar-refractivity contribution in [1.29, 1.82) is 0 Å². The summed E-state index contributed by atoms with van der Waals surface area (Å²) in [5, 5.41) is 3.30. The van der Waals surface area contributed by atoms with Crippen LogP contribution in [0.3, 0.4) is 0 Å². The molecular weight excluding hydrogens is 252 g/mol. The summed E-state index contributed by atoms with van der Waals surface area (Å²) in [5.41, 5.74) is 1.24. The van der Waals surface area contributed by atoms with Gasteiger partial charge in [0.05, 0.1) is 6.42 Å². The number of nitrogens with zero attached hydrogens (tertiary/aromatic N) is 1. The van der Waals surface area contributed by atoms with E-state index in [1.54, 1.807) is 6.20 Å². The number of hydrogen-bond acceptors (Lipinski definition) is 4. The van der Waals surface area contributed by atoms with Crippen LogP contribution in [0, 0.1) is 6.92 Å². The molecule has 0 atom stereocenters. The molecule has 5 heteroatoms. The van der Waals surface area contributed by atoms with Crippen LogP contribution in [0.2, 0.25) is 0 Å². The van der Waals surface area contributed by atoms with Gasteiger partial charge in [-0.05, 0) is 31.6 Å². The van der Waals surface area contributed by atoms with Crippen LogP contribution in [0.4, 0.5) is 0 Å². The van der Waals surface area contributed by atoms with Crippen molar-refractivity contribution in [2.75, 3.05) is 13.1 Å². The molecule has 2 aliphatic rings. The Morgan fingerprint density at radius 3 is 2.83 bits per heavy atom. The van der Waals surface area contributed by atoms with Gasteiger partial charge in [-0.1, -0.05) is 0 Å². The Bertz CT molecular complexity index is 470. The summed E-state index contributed by atoms with van der Waals surface area (Å²) in [6.45, 7) is 3.80. The van der Waals surface area contributed by atoms with Crippen LogP contribution in [-0.4, -0.2) is 29.5 Å². The van der Waals surface area contributed by atoms with Crippen molar-refractivity contribution in [2.45, 2.75) is 31.8 Å². The van der Waals surface area contributed by atoms with Crippen molar-refractivity contribution in [3.8, 4) is 5.75 Å². The highest BCUT2D eigenvalue weighted by atomic mass is 35.5. The molecule has 98 valence electrons.